The second-order valence-electron chi connectivity index (χ2n) is 6.48. The van der Waals surface area contributed by atoms with Gasteiger partial charge in [-0.05, 0) is 11.6 Å². The SMILES string of the molecule is O=C1c2ccccc2CN1CCN1CCNCCNCCNCC1. The summed E-state index contributed by atoms with van der Waals surface area (Å²) in [5, 5.41) is 10.4. The topological polar surface area (TPSA) is 59.6 Å². The molecule has 6 heteroatoms. The molecule has 2 aliphatic heterocycles. The molecule has 132 valence electrons. The fraction of sp³-hybridized carbons (Fsp3) is 0.611. The van der Waals surface area contributed by atoms with Crippen LogP contribution in [0.15, 0.2) is 24.3 Å². The highest BCUT2D eigenvalue weighted by Crippen LogP contribution is 2.21. The molecule has 2 heterocycles. The van der Waals surface area contributed by atoms with E-state index in [1.165, 1.54) is 0 Å². The molecule has 1 amide bonds. The van der Waals surface area contributed by atoms with E-state index in [1.807, 2.05) is 23.1 Å². The Labute approximate surface area is 144 Å². The van der Waals surface area contributed by atoms with Crippen LogP contribution in [0.5, 0.6) is 0 Å². The van der Waals surface area contributed by atoms with Gasteiger partial charge in [-0.2, -0.15) is 0 Å². The van der Waals surface area contributed by atoms with Gasteiger partial charge in [-0.3, -0.25) is 9.69 Å². The molecule has 24 heavy (non-hydrogen) atoms. The van der Waals surface area contributed by atoms with E-state index in [-0.39, 0.29) is 5.91 Å². The number of benzene rings is 1. The van der Waals surface area contributed by atoms with Crippen LogP contribution in [0.1, 0.15) is 15.9 Å². The van der Waals surface area contributed by atoms with Crippen molar-refractivity contribution in [1.82, 2.24) is 25.8 Å². The molecule has 1 saturated heterocycles. The average Bonchev–Trinajstić information content (AvgIpc) is 2.91. The number of rotatable bonds is 3. The Balaban J connectivity index is 1.48. The molecule has 1 aromatic carbocycles. The predicted molar refractivity (Wildman–Crippen MR) is 96.2 cm³/mol. The van der Waals surface area contributed by atoms with Gasteiger partial charge in [0.25, 0.3) is 5.91 Å². The normalized spacial score (nSPS) is 21.2. The van der Waals surface area contributed by atoms with Crippen molar-refractivity contribution in [1.29, 1.82) is 0 Å². The summed E-state index contributed by atoms with van der Waals surface area (Å²) in [5.41, 5.74) is 2.04. The summed E-state index contributed by atoms with van der Waals surface area (Å²) in [7, 11) is 0. The standard InChI is InChI=1S/C18H29N5O/c24-18-17-4-2-1-3-16(17)15-23(18)14-13-22-11-9-20-7-5-19-6-8-21-10-12-22/h1-4,19-21H,5-15H2. The van der Waals surface area contributed by atoms with E-state index < -0.39 is 0 Å². The Morgan fingerprint density at radius 3 is 2.12 bits per heavy atom. The lowest BCUT2D eigenvalue weighted by Crippen LogP contribution is -2.44. The van der Waals surface area contributed by atoms with Crippen LogP contribution in [0.3, 0.4) is 0 Å². The van der Waals surface area contributed by atoms with Gasteiger partial charge in [0.1, 0.15) is 0 Å². The zero-order chi connectivity index (χ0) is 16.6. The van der Waals surface area contributed by atoms with Gasteiger partial charge >= 0.3 is 0 Å². The zero-order valence-corrected chi connectivity index (χ0v) is 14.4. The van der Waals surface area contributed by atoms with Crippen molar-refractivity contribution < 1.29 is 4.79 Å². The van der Waals surface area contributed by atoms with Gasteiger partial charge in [0.05, 0.1) is 0 Å². The van der Waals surface area contributed by atoms with Crippen molar-refractivity contribution in [2.45, 2.75) is 6.54 Å². The summed E-state index contributed by atoms with van der Waals surface area (Å²) in [5.74, 6) is 0.183. The third-order valence-corrected chi connectivity index (χ3v) is 4.75. The van der Waals surface area contributed by atoms with E-state index in [0.717, 1.165) is 83.1 Å². The molecule has 0 saturated carbocycles. The highest BCUT2D eigenvalue weighted by Gasteiger charge is 2.26. The maximum absolute atomic E-state index is 12.5. The molecule has 6 nitrogen and oxygen atoms in total. The number of hydrogen-bond acceptors (Lipinski definition) is 5. The van der Waals surface area contributed by atoms with Crippen LogP contribution >= 0.6 is 0 Å². The monoisotopic (exact) mass is 331 g/mol. The first-order chi connectivity index (χ1) is 11.8. The van der Waals surface area contributed by atoms with E-state index in [1.54, 1.807) is 0 Å². The molecule has 2 aliphatic rings. The van der Waals surface area contributed by atoms with Crippen molar-refractivity contribution >= 4 is 5.91 Å². The fourth-order valence-electron chi connectivity index (χ4n) is 3.30. The molecule has 1 fully saturated rings. The number of hydrogen-bond donors (Lipinski definition) is 3. The predicted octanol–water partition coefficient (Wildman–Crippen LogP) is -0.273. The average molecular weight is 331 g/mol. The minimum absolute atomic E-state index is 0.183. The molecule has 1 aromatic rings. The zero-order valence-electron chi connectivity index (χ0n) is 14.4. The molecule has 0 unspecified atom stereocenters. The highest BCUT2D eigenvalue weighted by atomic mass is 16.2. The smallest absolute Gasteiger partial charge is 0.254 e. The number of amides is 1. The molecule has 0 atom stereocenters. The minimum Gasteiger partial charge on any atom is -0.333 e. The molecule has 0 radical (unpaired) electrons. The lowest BCUT2D eigenvalue weighted by atomic mass is 10.1. The van der Waals surface area contributed by atoms with Crippen molar-refractivity contribution in [2.75, 3.05) is 65.4 Å². The fourth-order valence-corrected chi connectivity index (χ4v) is 3.30. The maximum atomic E-state index is 12.5. The first-order valence-corrected chi connectivity index (χ1v) is 9.06. The molecule has 3 N–H and O–H groups in total. The van der Waals surface area contributed by atoms with Crippen molar-refractivity contribution in [3.63, 3.8) is 0 Å². The Kier molecular flexibility index (Phi) is 6.60. The molecule has 0 bridgehead atoms. The van der Waals surface area contributed by atoms with Gasteiger partial charge in [0.15, 0.2) is 0 Å². The maximum Gasteiger partial charge on any atom is 0.254 e. The van der Waals surface area contributed by atoms with Crippen LogP contribution in [0.25, 0.3) is 0 Å². The molecular weight excluding hydrogens is 302 g/mol. The first-order valence-electron chi connectivity index (χ1n) is 9.06. The number of carbonyl (C=O) groups excluding carboxylic acids is 1. The molecule has 0 spiro atoms. The molecule has 3 rings (SSSR count). The second-order valence-corrected chi connectivity index (χ2v) is 6.48. The van der Waals surface area contributed by atoms with E-state index in [4.69, 9.17) is 0 Å². The number of nitrogens with one attached hydrogen (secondary N) is 3. The molecular formula is C18H29N5O. The summed E-state index contributed by atoms with van der Waals surface area (Å²) in [6.07, 6.45) is 0. The van der Waals surface area contributed by atoms with Crippen molar-refractivity contribution in [3.05, 3.63) is 35.4 Å². The van der Waals surface area contributed by atoms with E-state index in [0.29, 0.717) is 0 Å². The van der Waals surface area contributed by atoms with Crippen molar-refractivity contribution in [2.24, 2.45) is 0 Å². The quantitative estimate of drug-likeness (QED) is 0.712. The van der Waals surface area contributed by atoms with Gasteiger partial charge in [-0.15, -0.1) is 0 Å². The van der Waals surface area contributed by atoms with Gasteiger partial charge in [-0.1, -0.05) is 18.2 Å². The van der Waals surface area contributed by atoms with Crippen LogP contribution < -0.4 is 16.0 Å². The number of nitrogens with zero attached hydrogens (tertiary/aromatic N) is 2. The summed E-state index contributed by atoms with van der Waals surface area (Å²) < 4.78 is 0. The largest absolute Gasteiger partial charge is 0.333 e. The Morgan fingerprint density at radius 2 is 1.46 bits per heavy atom. The van der Waals surface area contributed by atoms with Gasteiger partial charge in [-0.25, -0.2) is 0 Å². The summed E-state index contributed by atoms with van der Waals surface area (Å²) in [6.45, 7) is 10.6. The van der Waals surface area contributed by atoms with E-state index >= 15 is 0 Å². The van der Waals surface area contributed by atoms with Gasteiger partial charge < -0.3 is 20.9 Å². The van der Waals surface area contributed by atoms with E-state index in [2.05, 4.69) is 26.9 Å². The Hall–Kier alpha value is -1.47. The van der Waals surface area contributed by atoms with Crippen LogP contribution in [0, 0.1) is 0 Å². The lowest BCUT2D eigenvalue weighted by Gasteiger charge is -2.26. The van der Waals surface area contributed by atoms with Crippen LogP contribution in [0.4, 0.5) is 0 Å². The third-order valence-electron chi connectivity index (χ3n) is 4.75. The van der Waals surface area contributed by atoms with Crippen LogP contribution in [0.2, 0.25) is 0 Å². The van der Waals surface area contributed by atoms with Crippen LogP contribution in [-0.2, 0) is 6.54 Å². The first kappa shape index (κ1) is 17.4. The molecule has 0 aliphatic carbocycles. The van der Waals surface area contributed by atoms with E-state index in [9.17, 15) is 4.79 Å². The highest BCUT2D eigenvalue weighted by molar-refractivity contribution is 5.98. The Bertz CT molecular complexity index is 524. The number of carbonyl (C=O) groups is 1. The Morgan fingerprint density at radius 1 is 0.833 bits per heavy atom. The minimum atomic E-state index is 0.183. The van der Waals surface area contributed by atoms with Gasteiger partial charge in [0.2, 0.25) is 0 Å². The van der Waals surface area contributed by atoms with Crippen molar-refractivity contribution in [3.8, 4) is 0 Å². The summed E-state index contributed by atoms with van der Waals surface area (Å²) >= 11 is 0. The van der Waals surface area contributed by atoms with Crippen LogP contribution in [-0.4, -0.2) is 81.2 Å². The summed E-state index contributed by atoms with van der Waals surface area (Å²) in [6, 6.07) is 7.96. The number of fused-ring (bicyclic) bond motifs is 1. The van der Waals surface area contributed by atoms with Gasteiger partial charge in [0, 0.05) is 77.6 Å². The lowest BCUT2D eigenvalue weighted by molar-refractivity contribution is 0.0758. The third kappa shape index (κ3) is 4.77. The summed E-state index contributed by atoms with van der Waals surface area (Å²) in [4.78, 5) is 16.9. The second kappa shape index (κ2) is 9.13. The molecule has 0 aromatic heterocycles.